The summed E-state index contributed by atoms with van der Waals surface area (Å²) in [5.74, 6) is 0.152. The quantitative estimate of drug-likeness (QED) is 0.508. The summed E-state index contributed by atoms with van der Waals surface area (Å²) < 4.78 is 20.1. The van der Waals surface area contributed by atoms with E-state index in [0.717, 1.165) is 0 Å². The number of alkyl carbamates (subject to hydrolysis) is 1. The number of nitrogens with one attached hydrogen (secondary N) is 1. The van der Waals surface area contributed by atoms with Gasteiger partial charge in [-0.1, -0.05) is 13.8 Å². The number of aliphatic hydroxyl groups is 1. The summed E-state index contributed by atoms with van der Waals surface area (Å²) in [5, 5.41) is 12.1. The van der Waals surface area contributed by atoms with Gasteiger partial charge >= 0.3 is 14.3 Å². The molecule has 0 aromatic heterocycles. The molecule has 0 saturated carbocycles. The Bertz CT molecular complexity index is 315. The second-order valence-electron chi connectivity index (χ2n) is 5.66. The van der Waals surface area contributed by atoms with Gasteiger partial charge in [0, 0.05) is 0 Å². The van der Waals surface area contributed by atoms with Gasteiger partial charge in [0.1, 0.15) is 5.60 Å². The molecule has 0 spiro atoms. The molecule has 0 heterocycles. The molecular formula is C11H24NO6P. The third-order valence-corrected chi connectivity index (χ3v) is 2.44. The van der Waals surface area contributed by atoms with Gasteiger partial charge in [0.15, 0.2) is 6.29 Å². The summed E-state index contributed by atoms with van der Waals surface area (Å²) in [4.78, 5) is 20.3. The molecule has 1 amide bonds. The van der Waals surface area contributed by atoms with E-state index in [-0.39, 0.29) is 5.92 Å². The average Bonchev–Trinajstić information content (AvgIpc) is 2.11. The molecule has 0 rings (SSSR count). The fourth-order valence-corrected chi connectivity index (χ4v) is 1.77. The summed E-state index contributed by atoms with van der Waals surface area (Å²) in [7, 11) is -3.28. The van der Waals surface area contributed by atoms with Gasteiger partial charge in [0.25, 0.3) is 0 Å². The van der Waals surface area contributed by atoms with Crippen LogP contribution in [0.15, 0.2) is 0 Å². The first kappa shape index (κ1) is 18.4. The van der Waals surface area contributed by atoms with E-state index < -0.39 is 32.3 Å². The van der Waals surface area contributed by atoms with E-state index in [0.29, 0.717) is 6.42 Å². The maximum atomic E-state index is 11.6. The molecule has 8 heteroatoms. The van der Waals surface area contributed by atoms with Crippen molar-refractivity contribution in [3.8, 4) is 0 Å². The fraction of sp³-hybridized carbons (Fsp3) is 0.909. The molecule has 114 valence electrons. The lowest BCUT2D eigenvalue weighted by molar-refractivity contribution is -0.0533. The summed E-state index contributed by atoms with van der Waals surface area (Å²) in [6, 6.07) is -0.809. The van der Waals surface area contributed by atoms with Crippen molar-refractivity contribution in [1.82, 2.24) is 5.32 Å². The third-order valence-electron chi connectivity index (χ3n) is 1.99. The number of aliphatic hydroxyl groups excluding tert-OH is 1. The largest absolute Gasteiger partial charge is 0.444 e. The van der Waals surface area contributed by atoms with Gasteiger partial charge in [0.05, 0.1) is 6.04 Å². The minimum absolute atomic E-state index is 0.152. The molecular weight excluding hydrogens is 273 g/mol. The van der Waals surface area contributed by atoms with Crippen LogP contribution in [0.1, 0.15) is 41.0 Å². The summed E-state index contributed by atoms with van der Waals surface area (Å²) in [5.41, 5.74) is -0.664. The fourth-order valence-electron chi connectivity index (χ4n) is 1.40. The molecule has 2 unspecified atom stereocenters. The molecule has 0 aliphatic rings. The lowest BCUT2D eigenvalue weighted by atomic mass is 10.0. The molecule has 0 fully saturated rings. The zero-order valence-electron chi connectivity index (χ0n) is 12.0. The van der Waals surface area contributed by atoms with Crippen molar-refractivity contribution < 1.29 is 28.6 Å². The Kier molecular flexibility index (Phi) is 7.59. The topological polar surface area (TPSA) is 105 Å². The Hall–Kier alpha value is -0.620. The molecule has 0 aliphatic carbocycles. The van der Waals surface area contributed by atoms with E-state index in [9.17, 15) is 14.5 Å². The normalized spacial score (nSPS) is 16.8. The lowest BCUT2D eigenvalue weighted by Crippen LogP contribution is -2.46. The monoisotopic (exact) mass is 297 g/mol. The summed E-state index contributed by atoms with van der Waals surface area (Å²) >= 11 is 0. The molecule has 19 heavy (non-hydrogen) atoms. The van der Waals surface area contributed by atoms with Crippen LogP contribution >= 0.6 is 8.25 Å². The Morgan fingerprint density at radius 1 is 1.37 bits per heavy atom. The first-order valence-corrected chi connectivity index (χ1v) is 7.35. The van der Waals surface area contributed by atoms with E-state index >= 15 is 0 Å². The van der Waals surface area contributed by atoms with Crippen LogP contribution in [0, 0.1) is 5.92 Å². The predicted molar refractivity (Wildman–Crippen MR) is 70.9 cm³/mol. The van der Waals surface area contributed by atoms with Crippen molar-refractivity contribution in [3.63, 3.8) is 0 Å². The first-order valence-electron chi connectivity index (χ1n) is 6.08. The summed E-state index contributed by atoms with van der Waals surface area (Å²) in [6.45, 7) is 8.91. The highest BCUT2D eigenvalue weighted by Crippen LogP contribution is 2.21. The highest BCUT2D eigenvalue weighted by Gasteiger charge is 2.26. The van der Waals surface area contributed by atoms with E-state index in [1.54, 1.807) is 20.8 Å². The average molecular weight is 297 g/mol. The van der Waals surface area contributed by atoms with Crippen LogP contribution in [0.25, 0.3) is 0 Å². The van der Waals surface area contributed by atoms with Gasteiger partial charge in [0.2, 0.25) is 0 Å². The number of carbonyl (C=O) groups is 1. The van der Waals surface area contributed by atoms with Gasteiger partial charge in [-0.25, -0.2) is 4.79 Å². The second kappa shape index (κ2) is 7.85. The van der Waals surface area contributed by atoms with Crippen molar-refractivity contribution >= 4 is 14.3 Å². The minimum Gasteiger partial charge on any atom is -0.444 e. The lowest BCUT2D eigenvalue weighted by Gasteiger charge is -2.27. The Morgan fingerprint density at radius 3 is 2.26 bits per heavy atom. The van der Waals surface area contributed by atoms with Crippen LogP contribution in [0.3, 0.4) is 0 Å². The molecule has 0 aliphatic heterocycles. The second-order valence-corrected chi connectivity index (χ2v) is 6.42. The molecule has 0 aromatic carbocycles. The highest BCUT2D eigenvalue weighted by molar-refractivity contribution is 7.32. The van der Waals surface area contributed by atoms with Crippen LogP contribution in [-0.2, 0) is 13.8 Å². The summed E-state index contributed by atoms with van der Waals surface area (Å²) in [6.07, 6.45) is -1.88. The number of hydrogen-bond acceptors (Lipinski definition) is 5. The standard InChI is InChI=1S/C11H24NO6P/c1-7(2)6-8(9(13)18-19(15)16)12-10(14)17-11(3,4)5/h7-9,13,19H,6H2,1-5H3,(H,12,14)(H,15,16)/t8-,9?/m0/s1. The predicted octanol–water partition coefficient (Wildman–Crippen LogP) is 1.64. The van der Waals surface area contributed by atoms with Gasteiger partial charge in [-0.2, -0.15) is 0 Å². The van der Waals surface area contributed by atoms with E-state index in [4.69, 9.17) is 9.63 Å². The zero-order chi connectivity index (χ0) is 15.2. The van der Waals surface area contributed by atoms with Gasteiger partial charge in [-0.3, -0.25) is 9.09 Å². The number of rotatable bonds is 6. The Labute approximate surface area is 114 Å². The molecule has 3 atom stereocenters. The number of amides is 1. The molecule has 0 saturated heterocycles. The maximum absolute atomic E-state index is 11.6. The number of carbonyl (C=O) groups excluding carboxylic acids is 1. The maximum Gasteiger partial charge on any atom is 0.408 e. The molecule has 7 nitrogen and oxygen atoms in total. The third kappa shape index (κ3) is 9.90. The van der Waals surface area contributed by atoms with Crippen LogP contribution in [0.4, 0.5) is 4.79 Å². The van der Waals surface area contributed by atoms with Crippen molar-refractivity contribution in [3.05, 3.63) is 0 Å². The SMILES string of the molecule is CC(C)C[C@H](NC(=O)OC(C)(C)C)C(O)O[PH](=O)O. The van der Waals surface area contributed by atoms with Crippen LogP contribution in [0.5, 0.6) is 0 Å². The molecule has 0 aromatic rings. The van der Waals surface area contributed by atoms with E-state index in [2.05, 4.69) is 9.84 Å². The van der Waals surface area contributed by atoms with E-state index in [1.165, 1.54) is 0 Å². The van der Waals surface area contributed by atoms with Gasteiger partial charge in [-0.15, -0.1) is 0 Å². The number of hydrogen-bond donors (Lipinski definition) is 3. The van der Waals surface area contributed by atoms with Gasteiger partial charge < -0.3 is 20.1 Å². The Morgan fingerprint density at radius 2 is 1.89 bits per heavy atom. The molecule has 3 N–H and O–H groups in total. The van der Waals surface area contributed by atoms with Crippen molar-refractivity contribution in [2.45, 2.75) is 59.0 Å². The smallest absolute Gasteiger partial charge is 0.408 e. The van der Waals surface area contributed by atoms with Crippen LogP contribution < -0.4 is 5.32 Å². The molecule has 0 radical (unpaired) electrons. The van der Waals surface area contributed by atoms with Crippen molar-refractivity contribution in [2.24, 2.45) is 5.92 Å². The van der Waals surface area contributed by atoms with Gasteiger partial charge in [-0.05, 0) is 33.1 Å². The van der Waals surface area contributed by atoms with E-state index in [1.807, 2.05) is 13.8 Å². The highest BCUT2D eigenvalue weighted by atomic mass is 31.1. The first-order chi connectivity index (χ1) is 8.51. The number of ether oxygens (including phenoxy) is 1. The van der Waals surface area contributed by atoms with Crippen molar-refractivity contribution in [2.75, 3.05) is 0 Å². The van der Waals surface area contributed by atoms with Crippen LogP contribution in [-0.4, -0.2) is 34.0 Å². The molecule has 0 bridgehead atoms. The van der Waals surface area contributed by atoms with Crippen molar-refractivity contribution in [1.29, 1.82) is 0 Å². The Balaban J connectivity index is 4.58. The van der Waals surface area contributed by atoms with Crippen LogP contribution in [0.2, 0.25) is 0 Å². The minimum atomic E-state index is -3.28. The zero-order valence-corrected chi connectivity index (χ0v) is 13.0.